The number of unbranched alkanes of at least 4 members (excludes halogenated alkanes) is 4. The molecule has 2 heteroatoms. The largest absolute Gasteiger partial charge is 0.465 e. The molecule has 0 aliphatic rings. The molecule has 0 amide bonds. The van der Waals surface area contributed by atoms with Crippen molar-refractivity contribution in [1.82, 2.24) is 0 Å². The number of ether oxygens (including phenoxy) is 1. The lowest BCUT2D eigenvalue weighted by molar-refractivity contribution is -0.149. The molecule has 0 aromatic heterocycles. The van der Waals surface area contributed by atoms with Crippen LogP contribution >= 0.6 is 0 Å². The molecule has 0 radical (unpaired) electrons. The SMILES string of the molecule is CCCCC(CC)C(=O)OCCCCCCC(C)C. The van der Waals surface area contributed by atoms with Crippen LogP contribution in [0.2, 0.25) is 0 Å². The molecule has 0 aromatic rings. The van der Waals surface area contributed by atoms with Gasteiger partial charge in [0.2, 0.25) is 0 Å². The first-order chi connectivity index (χ1) is 9.11. The minimum Gasteiger partial charge on any atom is -0.465 e. The number of carbonyl (C=O) groups is 1. The van der Waals surface area contributed by atoms with Gasteiger partial charge in [-0.25, -0.2) is 0 Å². The summed E-state index contributed by atoms with van der Waals surface area (Å²) in [7, 11) is 0. The molecule has 0 fully saturated rings. The molecule has 0 heterocycles. The zero-order valence-electron chi connectivity index (χ0n) is 13.5. The van der Waals surface area contributed by atoms with Gasteiger partial charge in [0.15, 0.2) is 0 Å². The Morgan fingerprint density at radius 1 is 0.947 bits per heavy atom. The molecule has 2 nitrogen and oxygen atoms in total. The second-order valence-electron chi connectivity index (χ2n) is 6.01. The highest BCUT2D eigenvalue weighted by Gasteiger charge is 2.16. The van der Waals surface area contributed by atoms with Crippen LogP contribution in [0.5, 0.6) is 0 Å². The lowest BCUT2D eigenvalue weighted by atomic mass is 10.00. The molecule has 0 rings (SSSR count). The van der Waals surface area contributed by atoms with Crippen molar-refractivity contribution in [3.05, 3.63) is 0 Å². The van der Waals surface area contributed by atoms with Gasteiger partial charge in [-0.05, 0) is 25.2 Å². The fourth-order valence-electron chi connectivity index (χ4n) is 2.24. The zero-order chi connectivity index (χ0) is 14.5. The first-order valence-electron chi connectivity index (χ1n) is 8.28. The van der Waals surface area contributed by atoms with Gasteiger partial charge in [-0.2, -0.15) is 0 Å². The Balaban J connectivity index is 3.50. The van der Waals surface area contributed by atoms with E-state index >= 15 is 0 Å². The maximum Gasteiger partial charge on any atom is 0.308 e. The normalized spacial score (nSPS) is 12.7. The van der Waals surface area contributed by atoms with E-state index in [1.165, 1.54) is 25.7 Å². The monoisotopic (exact) mass is 270 g/mol. The third kappa shape index (κ3) is 11.0. The summed E-state index contributed by atoms with van der Waals surface area (Å²) in [6.45, 7) is 9.39. The van der Waals surface area contributed by atoms with Crippen molar-refractivity contribution in [3.8, 4) is 0 Å². The van der Waals surface area contributed by atoms with Crippen molar-refractivity contribution < 1.29 is 9.53 Å². The highest BCUT2D eigenvalue weighted by molar-refractivity contribution is 5.72. The first kappa shape index (κ1) is 18.5. The Labute approximate surface area is 120 Å². The van der Waals surface area contributed by atoms with Gasteiger partial charge in [0, 0.05) is 0 Å². The fraction of sp³-hybridized carbons (Fsp3) is 0.941. The summed E-state index contributed by atoms with van der Waals surface area (Å²) in [6.07, 6.45) is 10.3. The average Bonchev–Trinajstić information content (AvgIpc) is 2.38. The van der Waals surface area contributed by atoms with Crippen LogP contribution in [-0.2, 0) is 9.53 Å². The average molecular weight is 270 g/mol. The maximum atomic E-state index is 11.8. The van der Waals surface area contributed by atoms with Gasteiger partial charge < -0.3 is 4.74 Å². The minimum atomic E-state index is 0.0260. The van der Waals surface area contributed by atoms with Crippen LogP contribution in [-0.4, -0.2) is 12.6 Å². The Morgan fingerprint density at radius 3 is 2.21 bits per heavy atom. The van der Waals surface area contributed by atoms with Crippen LogP contribution in [0.25, 0.3) is 0 Å². The summed E-state index contributed by atoms with van der Waals surface area (Å²) in [4.78, 5) is 11.8. The predicted molar refractivity (Wildman–Crippen MR) is 82.2 cm³/mol. The van der Waals surface area contributed by atoms with Crippen LogP contribution < -0.4 is 0 Å². The molecule has 1 atom stereocenters. The Morgan fingerprint density at radius 2 is 1.63 bits per heavy atom. The standard InChI is InChI=1S/C17H34O2/c1-5-7-13-16(6-2)17(18)19-14-11-9-8-10-12-15(3)4/h15-16H,5-14H2,1-4H3. The van der Waals surface area contributed by atoms with Crippen molar-refractivity contribution in [2.24, 2.45) is 11.8 Å². The summed E-state index contributed by atoms with van der Waals surface area (Å²) in [5.41, 5.74) is 0. The van der Waals surface area contributed by atoms with E-state index in [2.05, 4.69) is 27.7 Å². The summed E-state index contributed by atoms with van der Waals surface area (Å²) in [5.74, 6) is 0.959. The Kier molecular flexibility index (Phi) is 12.2. The molecule has 0 saturated carbocycles. The molecule has 0 spiro atoms. The van der Waals surface area contributed by atoms with E-state index in [4.69, 9.17) is 4.74 Å². The lowest BCUT2D eigenvalue weighted by Crippen LogP contribution is -2.17. The van der Waals surface area contributed by atoms with Crippen molar-refractivity contribution >= 4 is 5.97 Å². The summed E-state index contributed by atoms with van der Waals surface area (Å²) in [5, 5.41) is 0. The molecule has 114 valence electrons. The minimum absolute atomic E-state index is 0.0260. The molecular formula is C17H34O2. The second-order valence-corrected chi connectivity index (χ2v) is 6.01. The number of esters is 1. The molecule has 0 N–H and O–H groups in total. The summed E-state index contributed by atoms with van der Waals surface area (Å²) in [6, 6.07) is 0. The van der Waals surface area contributed by atoms with Crippen LogP contribution in [0.1, 0.15) is 85.5 Å². The maximum absolute atomic E-state index is 11.8. The lowest BCUT2D eigenvalue weighted by Gasteiger charge is -2.13. The molecule has 0 saturated heterocycles. The molecule has 0 aliphatic carbocycles. The fourth-order valence-corrected chi connectivity index (χ4v) is 2.24. The number of hydrogen-bond acceptors (Lipinski definition) is 2. The quantitative estimate of drug-likeness (QED) is 0.353. The van der Waals surface area contributed by atoms with E-state index in [1.54, 1.807) is 0 Å². The van der Waals surface area contributed by atoms with Gasteiger partial charge in [-0.3, -0.25) is 4.79 Å². The van der Waals surface area contributed by atoms with E-state index in [0.29, 0.717) is 6.61 Å². The predicted octanol–water partition coefficient (Wildman–Crippen LogP) is 5.35. The van der Waals surface area contributed by atoms with E-state index in [0.717, 1.165) is 38.0 Å². The Hall–Kier alpha value is -0.530. The van der Waals surface area contributed by atoms with E-state index in [9.17, 15) is 4.79 Å². The topological polar surface area (TPSA) is 26.3 Å². The molecular weight excluding hydrogens is 236 g/mol. The van der Waals surface area contributed by atoms with Crippen molar-refractivity contribution in [2.45, 2.75) is 85.5 Å². The molecule has 0 aromatic carbocycles. The van der Waals surface area contributed by atoms with Crippen LogP contribution in [0, 0.1) is 11.8 Å². The second kappa shape index (κ2) is 12.5. The smallest absolute Gasteiger partial charge is 0.308 e. The highest BCUT2D eigenvalue weighted by atomic mass is 16.5. The van der Waals surface area contributed by atoms with Gasteiger partial charge >= 0.3 is 5.97 Å². The van der Waals surface area contributed by atoms with Gasteiger partial charge in [-0.15, -0.1) is 0 Å². The zero-order valence-corrected chi connectivity index (χ0v) is 13.5. The number of rotatable bonds is 12. The van der Waals surface area contributed by atoms with E-state index in [-0.39, 0.29) is 11.9 Å². The third-order valence-corrected chi connectivity index (χ3v) is 3.65. The Bertz CT molecular complexity index is 211. The van der Waals surface area contributed by atoms with Crippen molar-refractivity contribution in [3.63, 3.8) is 0 Å². The first-order valence-corrected chi connectivity index (χ1v) is 8.28. The van der Waals surface area contributed by atoms with Gasteiger partial charge in [-0.1, -0.05) is 66.2 Å². The third-order valence-electron chi connectivity index (χ3n) is 3.65. The molecule has 0 bridgehead atoms. The molecule has 1 unspecified atom stereocenters. The highest BCUT2D eigenvalue weighted by Crippen LogP contribution is 2.15. The van der Waals surface area contributed by atoms with Crippen LogP contribution in [0.15, 0.2) is 0 Å². The number of hydrogen-bond donors (Lipinski definition) is 0. The van der Waals surface area contributed by atoms with Crippen LogP contribution in [0.3, 0.4) is 0 Å². The molecule has 19 heavy (non-hydrogen) atoms. The van der Waals surface area contributed by atoms with Gasteiger partial charge in [0.25, 0.3) is 0 Å². The van der Waals surface area contributed by atoms with Gasteiger partial charge in [0.1, 0.15) is 0 Å². The van der Waals surface area contributed by atoms with Crippen LogP contribution in [0.4, 0.5) is 0 Å². The molecule has 0 aliphatic heterocycles. The number of carbonyl (C=O) groups excluding carboxylic acids is 1. The van der Waals surface area contributed by atoms with E-state index < -0.39 is 0 Å². The summed E-state index contributed by atoms with van der Waals surface area (Å²) < 4.78 is 5.38. The van der Waals surface area contributed by atoms with Crippen molar-refractivity contribution in [2.75, 3.05) is 6.61 Å². The summed E-state index contributed by atoms with van der Waals surface area (Å²) >= 11 is 0. The van der Waals surface area contributed by atoms with E-state index in [1.807, 2.05) is 0 Å². The van der Waals surface area contributed by atoms with Gasteiger partial charge in [0.05, 0.1) is 12.5 Å². The van der Waals surface area contributed by atoms with Crippen molar-refractivity contribution in [1.29, 1.82) is 0 Å².